The Morgan fingerprint density at radius 1 is 1.38 bits per heavy atom. The number of carbonyl (C=O) groups is 1. The Morgan fingerprint density at radius 3 is 2.57 bits per heavy atom. The molecular formula is C14H21N3O3S. The molecule has 21 heavy (non-hydrogen) atoms. The van der Waals surface area contributed by atoms with E-state index in [9.17, 15) is 13.2 Å². The molecule has 0 radical (unpaired) electrons. The lowest BCUT2D eigenvalue weighted by Gasteiger charge is -2.27. The van der Waals surface area contributed by atoms with E-state index < -0.39 is 15.9 Å². The summed E-state index contributed by atoms with van der Waals surface area (Å²) in [6.45, 7) is 3.88. The fraction of sp³-hybridized carbons (Fsp3) is 0.500. The van der Waals surface area contributed by atoms with Crippen LogP contribution in [-0.4, -0.2) is 30.7 Å². The van der Waals surface area contributed by atoms with Gasteiger partial charge in [0, 0.05) is 17.6 Å². The van der Waals surface area contributed by atoms with E-state index in [0.717, 1.165) is 19.3 Å². The van der Waals surface area contributed by atoms with Gasteiger partial charge in [0.1, 0.15) is 4.90 Å². The van der Waals surface area contributed by atoms with E-state index in [1.54, 1.807) is 4.31 Å². The van der Waals surface area contributed by atoms with Crippen LogP contribution in [0.1, 0.15) is 43.5 Å². The molecule has 1 amide bonds. The van der Waals surface area contributed by atoms with Crippen molar-refractivity contribution in [2.75, 3.05) is 5.73 Å². The molecule has 1 saturated heterocycles. The molecular weight excluding hydrogens is 290 g/mol. The van der Waals surface area contributed by atoms with E-state index in [1.807, 2.05) is 13.8 Å². The molecule has 2 rings (SSSR count). The minimum Gasteiger partial charge on any atom is -0.398 e. The molecule has 4 N–H and O–H groups in total. The Kier molecular flexibility index (Phi) is 4.25. The number of hydrogen-bond acceptors (Lipinski definition) is 4. The first-order valence-corrected chi connectivity index (χ1v) is 8.46. The standard InChI is InChI=1S/C14H21N3O3S/c1-3-11-6-4-9(2)17(11)21(19,20)13-7-5-10(14(16)18)8-12(13)15/h5,7-9,11H,3-4,6,15H2,1-2H3,(H2,16,18). The maximum atomic E-state index is 12.8. The van der Waals surface area contributed by atoms with E-state index in [0.29, 0.717) is 0 Å². The Balaban J connectivity index is 2.47. The third-order valence-corrected chi connectivity index (χ3v) is 6.17. The summed E-state index contributed by atoms with van der Waals surface area (Å²) in [6, 6.07) is 4.03. The maximum absolute atomic E-state index is 12.8. The number of carbonyl (C=O) groups excluding carboxylic acids is 1. The molecule has 1 aliphatic rings. The first-order chi connectivity index (χ1) is 9.78. The summed E-state index contributed by atoms with van der Waals surface area (Å²) >= 11 is 0. The monoisotopic (exact) mass is 311 g/mol. The second-order valence-electron chi connectivity index (χ2n) is 5.44. The highest BCUT2D eigenvalue weighted by molar-refractivity contribution is 7.89. The Bertz CT molecular complexity index is 657. The van der Waals surface area contributed by atoms with Crippen molar-refractivity contribution in [1.82, 2.24) is 4.31 Å². The van der Waals surface area contributed by atoms with Gasteiger partial charge in [0.05, 0.1) is 5.69 Å². The fourth-order valence-corrected chi connectivity index (χ4v) is 4.97. The van der Waals surface area contributed by atoms with Crippen LogP contribution in [0.4, 0.5) is 5.69 Å². The third kappa shape index (κ3) is 2.75. The second-order valence-corrected chi connectivity index (χ2v) is 7.25. The highest BCUT2D eigenvalue weighted by Gasteiger charge is 2.39. The van der Waals surface area contributed by atoms with Crippen LogP contribution in [-0.2, 0) is 10.0 Å². The van der Waals surface area contributed by atoms with Crippen molar-refractivity contribution in [2.24, 2.45) is 5.73 Å². The molecule has 6 nitrogen and oxygen atoms in total. The number of amides is 1. The average molecular weight is 311 g/mol. The molecule has 0 spiro atoms. The van der Waals surface area contributed by atoms with Gasteiger partial charge in [0.25, 0.3) is 0 Å². The van der Waals surface area contributed by atoms with Gasteiger partial charge in [-0.05, 0) is 44.4 Å². The third-order valence-electron chi connectivity index (χ3n) is 4.03. The summed E-state index contributed by atoms with van der Waals surface area (Å²) in [6.07, 6.45) is 2.47. The van der Waals surface area contributed by atoms with Crippen molar-refractivity contribution in [1.29, 1.82) is 0 Å². The molecule has 1 aromatic rings. The van der Waals surface area contributed by atoms with Crippen LogP contribution < -0.4 is 11.5 Å². The topological polar surface area (TPSA) is 106 Å². The lowest BCUT2D eigenvalue weighted by molar-refractivity contribution is 0.1000. The second kappa shape index (κ2) is 5.65. The molecule has 1 fully saturated rings. The first kappa shape index (κ1) is 15.8. The zero-order valence-electron chi connectivity index (χ0n) is 12.2. The smallest absolute Gasteiger partial charge is 0.248 e. The molecule has 0 aromatic heterocycles. The molecule has 0 saturated carbocycles. The molecule has 2 atom stereocenters. The molecule has 1 aromatic carbocycles. The average Bonchev–Trinajstić information content (AvgIpc) is 2.80. The highest BCUT2D eigenvalue weighted by atomic mass is 32.2. The number of rotatable bonds is 4. The van der Waals surface area contributed by atoms with Crippen molar-refractivity contribution >= 4 is 21.6 Å². The van der Waals surface area contributed by atoms with Gasteiger partial charge in [0.2, 0.25) is 15.9 Å². The van der Waals surface area contributed by atoms with Crippen LogP contribution in [0.15, 0.2) is 23.1 Å². The maximum Gasteiger partial charge on any atom is 0.248 e. The summed E-state index contributed by atoms with van der Waals surface area (Å²) in [4.78, 5) is 11.2. The van der Waals surface area contributed by atoms with Crippen LogP contribution in [0.5, 0.6) is 0 Å². The van der Waals surface area contributed by atoms with Crippen molar-refractivity contribution in [3.05, 3.63) is 23.8 Å². The minimum absolute atomic E-state index is 0.000201. The Labute approximate surface area is 125 Å². The lowest BCUT2D eigenvalue weighted by Crippen LogP contribution is -2.39. The Morgan fingerprint density at radius 2 is 2.05 bits per heavy atom. The normalized spacial score (nSPS) is 23.3. The first-order valence-electron chi connectivity index (χ1n) is 7.02. The van der Waals surface area contributed by atoms with Crippen LogP contribution in [0.3, 0.4) is 0 Å². The van der Waals surface area contributed by atoms with Crippen molar-refractivity contribution in [3.8, 4) is 0 Å². The molecule has 7 heteroatoms. The van der Waals surface area contributed by atoms with Gasteiger partial charge in [-0.2, -0.15) is 4.31 Å². The molecule has 0 aliphatic carbocycles. The van der Waals surface area contributed by atoms with E-state index in [-0.39, 0.29) is 28.2 Å². The van der Waals surface area contributed by atoms with Gasteiger partial charge in [-0.15, -0.1) is 0 Å². The lowest BCUT2D eigenvalue weighted by atomic mass is 10.2. The van der Waals surface area contributed by atoms with Crippen LogP contribution >= 0.6 is 0 Å². The SMILES string of the molecule is CCC1CCC(C)N1S(=O)(=O)c1ccc(C(N)=O)cc1N. The molecule has 1 heterocycles. The molecule has 116 valence electrons. The number of nitrogens with two attached hydrogens (primary N) is 2. The van der Waals surface area contributed by atoms with Crippen LogP contribution in [0, 0.1) is 0 Å². The Hall–Kier alpha value is -1.60. The number of nitrogens with zero attached hydrogens (tertiary/aromatic N) is 1. The summed E-state index contributed by atoms with van der Waals surface area (Å²) in [5.74, 6) is -0.633. The largest absolute Gasteiger partial charge is 0.398 e. The fourth-order valence-electron chi connectivity index (χ4n) is 2.92. The number of anilines is 1. The van der Waals surface area contributed by atoms with E-state index in [1.165, 1.54) is 18.2 Å². The number of benzene rings is 1. The van der Waals surface area contributed by atoms with E-state index in [2.05, 4.69) is 0 Å². The molecule has 1 aliphatic heterocycles. The molecule has 2 unspecified atom stereocenters. The summed E-state index contributed by atoms with van der Waals surface area (Å²) in [5.41, 5.74) is 11.3. The summed E-state index contributed by atoms with van der Waals surface area (Å²) in [5, 5.41) is 0. The van der Waals surface area contributed by atoms with Gasteiger partial charge in [-0.1, -0.05) is 6.92 Å². The van der Waals surface area contributed by atoms with Crippen LogP contribution in [0.25, 0.3) is 0 Å². The number of hydrogen-bond donors (Lipinski definition) is 2. The van der Waals surface area contributed by atoms with Gasteiger partial charge >= 0.3 is 0 Å². The predicted molar refractivity (Wildman–Crippen MR) is 81.2 cm³/mol. The van der Waals surface area contributed by atoms with Crippen molar-refractivity contribution < 1.29 is 13.2 Å². The number of primary amides is 1. The molecule has 0 bridgehead atoms. The summed E-state index contributed by atoms with van der Waals surface area (Å²) < 4.78 is 27.2. The quantitative estimate of drug-likeness (QED) is 0.818. The van der Waals surface area contributed by atoms with Crippen molar-refractivity contribution in [3.63, 3.8) is 0 Å². The van der Waals surface area contributed by atoms with Gasteiger partial charge in [0.15, 0.2) is 0 Å². The van der Waals surface area contributed by atoms with Gasteiger partial charge in [-0.25, -0.2) is 8.42 Å². The van der Waals surface area contributed by atoms with Crippen LogP contribution in [0.2, 0.25) is 0 Å². The summed E-state index contributed by atoms with van der Waals surface area (Å²) in [7, 11) is -3.67. The predicted octanol–water partition coefficient (Wildman–Crippen LogP) is 1.32. The number of sulfonamides is 1. The van der Waals surface area contributed by atoms with E-state index >= 15 is 0 Å². The zero-order chi connectivity index (χ0) is 15.8. The zero-order valence-corrected chi connectivity index (χ0v) is 13.1. The van der Waals surface area contributed by atoms with Crippen molar-refractivity contribution in [2.45, 2.75) is 50.1 Å². The minimum atomic E-state index is -3.67. The van der Waals surface area contributed by atoms with E-state index in [4.69, 9.17) is 11.5 Å². The highest BCUT2D eigenvalue weighted by Crippen LogP contribution is 2.34. The number of nitrogen functional groups attached to an aromatic ring is 1. The van der Waals surface area contributed by atoms with Gasteiger partial charge < -0.3 is 11.5 Å². The van der Waals surface area contributed by atoms with Gasteiger partial charge in [-0.3, -0.25) is 4.79 Å².